The third-order valence-electron chi connectivity index (χ3n) is 4.71. The van der Waals surface area contributed by atoms with Gasteiger partial charge >= 0.3 is 0 Å². The second-order valence-electron chi connectivity index (χ2n) is 6.54. The molecule has 1 aliphatic heterocycles. The van der Waals surface area contributed by atoms with Gasteiger partial charge in [0.05, 0.1) is 11.9 Å². The minimum Gasteiger partial charge on any atom is -0.368 e. The van der Waals surface area contributed by atoms with E-state index in [4.69, 9.17) is 0 Å². The average Bonchev–Trinajstić information content (AvgIpc) is 3.31. The first kappa shape index (κ1) is 16.3. The predicted octanol–water partition coefficient (Wildman–Crippen LogP) is 1.35. The number of hydrogen-bond donors (Lipinski definition) is 0. The van der Waals surface area contributed by atoms with Crippen molar-refractivity contribution in [1.29, 1.82) is 0 Å². The highest BCUT2D eigenvalue weighted by Gasteiger charge is 2.29. The van der Waals surface area contributed by atoms with Gasteiger partial charge in [-0.1, -0.05) is 0 Å². The van der Waals surface area contributed by atoms with Gasteiger partial charge in [-0.3, -0.25) is 14.5 Å². The van der Waals surface area contributed by atoms with E-state index in [2.05, 4.69) is 26.9 Å². The summed E-state index contributed by atoms with van der Waals surface area (Å²) in [5.41, 5.74) is 2.48. The zero-order valence-corrected chi connectivity index (χ0v) is 14.9. The molecule has 0 radical (unpaired) electrons. The Morgan fingerprint density at radius 2 is 1.96 bits per heavy atom. The van der Waals surface area contributed by atoms with E-state index >= 15 is 0 Å². The molecule has 0 saturated carbocycles. The molecule has 1 fully saturated rings. The molecule has 0 bridgehead atoms. The molecule has 0 aliphatic carbocycles. The van der Waals surface area contributed by atoms with Crippen LogP contribution in [0, 0.1) is 0 Å². The van der Waals surface area contributed by atoms with Crippen molar-refractivity contribution in [2.24, 2.45) is 7.05 Å². The maximum Gasteiger partial charge on any atom is 0.274 e. The summed E-state index contributed by atoms with van der Waals surface area (Å²) in [4.78, 5) is 25.4. The molecule has 1 unspecified atom stereocenters. The van der Waals surface area contributed by atoms with E-state index in [1.807, 2.05) is 34.8 Å². The Labute approximate surface area is 151 Å². The number of carbonyl (C=O) groups is 1. The van der Waals surface area contributed by atoms with E-state index in [-0.39, 0.29) is 11.9 Å². The Balaban J connectivity index is 1.47. The topological polar surface area (TPSA) is 72.1 Å². The second kappa shape index (κ2) is 6.62. The van der Waals surface area contributed by atoms with E-state index < -0.39 is 0 Å². The Kier molecular flexibility index (Phi) is 4.16. The van der Waals surface area contributed by atoms with E-state index in [1.165, 1.54) is 0 Å². The number of anilines is 1. The molecule has 0 spiro atoms. The Hall–Kier alpha value is -3.16. The summed E-state index contributed by atoms with van der Waals surface area (Å²) in [7, 11) is 1.86. The van der Waals surface area contributed by atoms with Crippen molar-refractivity contribution in [3.63, 3.8) is 0 Å². The summed E-state index contributed by atoms with van der Waals surface area (Å²) in [5.74, 6) is -0.0329. The van der Waals surface area contributed by atoms with Gasteiger partial charge in [0.15, 0.2) is 0 Å². The molecule has 134 valence electrons. The van der Waals surface area contributed by atoms with Crippen molar-refractivity contribution in [3.8, 4) is 5.69 Å². The highest BCUT2D eigenvalue weighted by Crippen LogP contribution is 2.20. The van der Waals surface area contributed by atoms with E-state index in [1.54, 1.807) is 35.8 Å². The molecule has 0 N–H and O–H groups in total. The summed E-state index contributed by atoms with van der Waals surface area (Å²) < 4.78 is 3.54. The van der Waals surface area contributed by atoms with Gasteiger partial charge in [0, 0.05) is 63.2 Å². The maximum atomic E-state index is 12.9. The Bertz CT molecular complexity index is 901. The zero-order chi connectivity index (χ0) is 18.1. The minimum atomic E-state index is -0.0329. The lowest BCUT2D eigenvalue weighted by Crippen LogP contribution is -2.54. The number of amides is 1. The van der Waals surface area contributed by atoms with Crippen LogP contribution in [0.25, 0.3) is 5.69 Å². The van der Waals surface area contributed by atoms with Crippen LogP contribution in [0.4, 0.5) is 5.69 Å². The Morgan fingerprint density at radius 3 is 2.65 bits per heavy atom. The van der Waals surface area contributed by atoms with Gasteiger partial charge in [-0.15, -0.1) is 0 Å². The number of rotatable bonds is 3. The second-order valence-corrected chi connectivity index (χ2v) is 6.54. The number of carbonyl (C=O) groups excluding carboxylic acids is 1. The van der Waals surface area contributed by atoms with Gasteiger partial charge in [0.2, 0.25) is 0 Å². The summed E-state index contributed by atoms with van der Waals surface area (Å²) >= 11 is 0. The van der Waals surface area contributed by atoms with Crippen LogP contribution in [0.5, 0.6) is 0 Å². The van der Waals surface area contributed by atoms with Gasteiger partial charge in [-0.2, -0.15) is 5.10 Å². The lowest BCUT2D eigenvalue weighted by Gasteiger charge is -2.40. The average molecular weight is 351 g/mol. The Morgan fingerprint density at radius 1 is 1.15 bits per heavy atom. The lowest BCUT2D eigenvalue weighted by molar-refractivity contribution is 0.0668. The van der Waals surface area contributed by atoms with Gasteiger partial charge in [0.1, 0.15) is 12.0 Å². The quantitative estimate of drug-likeness (QED) is 0.712. The molecule has 26 heavy (non-hydrogen) atoms. The zero-order valence-electron chi connectivity index (χ0n) is 14.9. The normalized spacial score (nSPS) is 17.5. The lowest BCUT2D eigenvalue weighted by atomic mass is 10.1. The van der Waals surface area contributed by atoms with Gasteiger partial charge in [-0.05, 0) is 19.1 Å². The van der Waals surface area contributed by atoms with Crippen LogP contribution in [-0.2, 0) is 7.05 Å². The van der Waals surface area contributed by atoms with Crippen LogP contribution in [-0.4, -0.2) is 60.8 Å². The fourth-order valence-electron chi connectivity index (χ4n) is 3.31. The van der Waals surface area contributed by atoms with E-state index in [0.717, 1.165) is 24.5 Å². The molecule has 1 aliphatic rings. The molecular formula is C18H21N7O. The molecule has 8 heteroatoms. The van der Waals surface area contributed by atoms with Crippen LogP contribution in [0.3, 0.4) is 0 Å². The molecule has 3 aromatic rings. The van der Waals surface area contributed by atoms with Crippen molar-refractivity contribution in [2.45, 2.75) is 13.0 Å². The van der Waals surface area contributed by atoms with Crippen molar-refractivity contribution in [3.05, 3.63) is 55.1 Å². The molecule has 1 atom stereocenters. The summed E-state index contributed by atoms with van der Waals surface area (Å²) in [6, 6.07) is 4.10. The number of aromatic nitrogens is 5. The minimum absolute atomic E-state index is 0.0329. The highest BCUT2D eigenvalue weighted by atomic mass is 16.2. The van der Waals surface area contributed by atoms with Crippen LogP contribution in [0.2, 0.25) is 0 Å². The molecule has 4 heterocycles. The number of aryl methyl sites for hydroxylation is 1. The standard InChI is InChI=1S/C18H21N7O/c1-14-10-23(15-3-5-19-6-4-15)7-8-25(14)18(26)17-12-24(13-20-17)16-9-21-22(2)11-16/h3-6,9,11-14H,7-8,10H2,1-2H3. The SMILES string of the molecule is CC1CN(c2ccncc2)CCN1C(=O)c1cn(-c2cnn(C)c2)cn1. The van der Waals surface area contributed by atoms with Crippen molar-refractivity contribution >= 4 is 11.6 Å². The fourth-order valence-corrected chi connectivity index (χ4v) is 3.31. The van der Waals surface area contributed by atoms with Crippen LogP contribution in [0.15, 0.2) is 49.4 Å². The van der Waals surface area contributed by atoms with E-state index in [0.29, 0.717) is 12.2 Å². The summed E-state index contributed by atoms with van der Waals surface area (Å²) in [5, 5.41) is 4.15. The third kappa shape index (κ3) is 3.05. The predicted molar refractivity (Wildman–Crippen MR) is 97.3 cm³/mol. The van der Waals surface area contributed by atoms with Gasteiger partial charge < -0.3 is 14.4 Å². The maximum absolute atomic E-state index is 12.9. The molecule has 3 aromatic heterocycles. The van der Waals surface area contributed by atoms with Crippen LogP contribution >= 0.6 is 0 Å². The number of imidazole rings is 1. The number of hydrogen-bond acceptors (Lipinski definition) is 5. The van der Waals surface area contributed by atoms with Crippen molar-refractivity contribution < 1.29 is 4.79 Å². The first-order valence-corrected chi connectivity index (χ1v) is 8.61. The summed E-state index contributed by atoms with van der Waals surface area (Å²) in [6.07, 6.45) is 10.6. The first-order valence-electron chi connectivity index (χ1n) is 8.61. The first-order chi connectivity index (χ1) is 12.6. The fraction of sp³-hybridized carbons (Fsp3) is 0.333. The van der Waals surface area contributed by atoms with Crippen molar-refractivity contribution in [1.82, 2.24) is 29.2 Å². The van der Waals surface area contributed by atoms with E-state index in [9.17, 15) is 4.79 Å². The molecule has 1 saturated heterocycles. The smallest absolute Gasteiger partial charge is 0.274 e. The van der Waals surface area contributed by atoms with Crippen LogP contribution in [0.1, 0.15) is 17.4 Å². The third-order valence-corrected chi connectivity index (χ3v) is 4.71. The molecule has 1 amide bonds. The van der Waals surface area contributed by atoms with Crippen LogP contribution < -0.4 is 4.90 Å². The van der Waals surface area contributed by atoms with Crippen molar-refractivity contribution in [2.75, 3.05) is 24.5 Å². The number of pyridine rings is 1. The van der Waals surface area contributed by atoms with Gasteiger partial charge in [0.25, 0.3) is 5.91 Å². The monoisotopic (exact) mass is 351 g/mol. The number of piperazine rings is 1. The van der Waals surface area contributed by atoms with Gasteiger partial charge in [-0.25, -0.2) is 4.98 Å². The molecule has 0 aromatic carbocycles. The molecule has 8 nitrogen and oxygen atoms in total. The largest absolute Gasteiger partial charge is 0.368 e. The molecular weight excluding hydrogens is 330 g/mol. The highest BCUT2D eigenvalue weighted by molar-refractivity contribution is 5.92. The summed E-state index contributed by atoms with van der Waals surface area (Å²) in [6.45, 7) is 4.33. The molecule has 4 rings (SSSR count). The number of nitrogens with zero attached hydrogens (tertiary/aromatic N) is 7.